The van der Waals surface area contributed by atoms with Gasteiger partial charge < -0.3 is 19.7 Å². The van der Waals surface area contributed by atoms with E-state index in [0.717, 1.165) is 11.1 Å². The highest BCUT2D eigenvalue weighted by molar-refractivity contribution is 5.96. The Morgan fingerprint density at radius 2 is 1.52 bits per heavy atom. The van der Waals surface area contributed by atoms with Crippen LogP contribution >= 0.6 is 0 Å². The fourth-order valence-corrected chi connectivity index (χ4v) is 4.10. The van der Waals surface area contributed by atoms with Crippen molar-refractivity contribution >= 4 is 17.5 Å². The average Bonchev–Trinajstić information content (AvgIpc) is 2.89. The second kappa shape index (κ2) is 10.2. The van der Waals surface area contributed by atoms with E-state index >= 15 is 0 Å². The highest BCUT2D eigenvalue weighted by Gasteiger charge is 2.28. The Labute approximate surface area is 194 Å². The largest absolute Gasteiger partial charge is 0.497 e. The standard InChI is InChI=1S/C27H28N2O4/c1-32-23-12-13-24(25(18-23)33-2)28-26(30)21-14-16-29(17-15-21)27(31)22-10-8-20(9-11-22)19-6-4-3-5-7-19/h3-13,18,21H,14-17H2,1-2H3,(H,28,30). The van der Waals surface area contributed by atoms with Crippen LogP contribution in [-0.4, -0.2) is 44.0 Å². The van der Waals surface area contributed by atoms with E-state index in [2.05, 4.69) is 5.32 Å². The maximum atomic E-state index is 13.0. The lowest BCUT2D eigenvalue weighted by Gasteiger charge is -2.31. The number of likely N-dealkylation sites (tertiary alicyclic amines) is 1. The molecule has 4 rings (SSSR count). The molecule has 1 fully saturated rings. The first-order valence-electron chi connectivity index (χ1n) is 11.1. The molecule has 0 radical (unpaired) electrons. The van der Waals surface area contributed by atoms with Crippen LogP contribution in [0.5, 0.6) is 11.5 Å². The number of hydrogen-bond donors (Lipinski definition) is 1. The number of ether oxygens (including phenoxy) is 2. The number of methoxy groups -OCH3 is 2. The summed E-state index contributed by atoms with van der Waals surface area (Å²) in [5.74, 6) is 1.01. The predicted molar refractivity (Wildman–Crippen MR) is 129 cm³/mol. The van der Waals surface area contributed by atoms with Gasteiger partial charge in [0.25, 0.3) is 5.91 Å². The van der Waals surface area contributed by atoms with E-state index in [0.29, 0.717) is 48.7 Å². The molecule has 1 saturated heterocycles. The molecule has 1 aliphatic heterocycles. The van der Waals surface area contributed by atoms with Crippen LogP contribution in [-0.2, 0) is 4.79 Å². The lowest BCUT2D eigenvalue weighted by molar-refractivity contribution is -0.121. The highest BCUT2D eigenvalue weighted by Crippen LogP contribution is 2.30. The second-order valence-corrected chi connectivity index (χ2v) is 8.07. The minimum absolute atomic E-state index is 0.00490. The van der Waals surface area contributed by atoms with Gasteiger partial charge in [0.1, 0.15) is 11.5 Å². The van der Waals surface area contributed by atoms with E-state index in [-0.39, 0.29) is 17.7 Å². The summed E-state index contributed by atoms with van der Waals surface area (Å²) in [6, 6.07) is 23.1. The molecule has 0 saturated carbocycles. The van der Waals surface area contributed by atoms with Gasteiger partial charge in [-0.25, -0.2) is 0 Å². The third-order valence-corrected chi connectivity index (χ3v) is 6.06. The van der Waals surface area contributed by atoms with Gasteiger partial charge in [0, 0.05) is 30.6 Å². The van der Waals surface area contributed by atoms with Crippen molar-refractivity contribution in [3.8, 4) is 22.6 Å². The van der Waals surface area contributed by atoms with Gasteiger partial charge in [0.15, 0.2) is 0 Å². The molecule has 1 N–H and O–H groups in total. The number of carbonyl (C=O) groups is 2. The Morgan fingerprint density at radius 1 is 0.848 bits per heavy atom. The number of nitrogens with one attached hydrogen (secondary N) is 1. The van der Waals surface area contributed by atoms with Gasteiger partial charge in [-0.15, -0.1) is 0 Å². The second-order valence-electron chi connectivity index (χ2n) is 8.07. The highest BCUT2D eigenvalue weighted by atomic mass is 16.5. The number of carbonyl (C=O) groups excluding carboxylic acids is 2. The zero-order valence-electron chi connectivity index (χ0n) is 18.9. The van der Waals surface area contributed by atoms with Crippen molar-refractivity contribution in [1.82, 2.24) is 4.90 Å². The summed E-state index contributed by atoms with van der Waals surface area (Å²) >= 11 is 0. The molecule has 6 nitrogen and oxygen atoms in total. The minimum atomic E-state index is -0.152. The average molecular weight is 445 g/mol. The Hall–Kier alpha value is -3.80. The van der Waals surface area contributed by atoms with Crippen molar-refractivity contribution in [1.29, 1.82) is 0 Å². The molecule has 0 bridgehead atoms. The summed E-state index contributed by atoms with van der Waals surface area (Å²) in [5, 5.41) is 2.96. The number of amides is 2. The molecule has 6 heteroatoms. The molecular weight excluding hydrogens is 416 g/mol. The molecule has 0 aliphatic carbocycles. The van der Waals surface area contributed by atoms with Crippen molar-refractivity contribution in [2.45, 2.75) is 12.8 Å². The number of hydrogen-bond acceptors (Lipinski definition) is 4. The Bertz CT molecular complexity index is 1100. The molecule has 3 aromatic rings. The normalized spacial score (nSPS) is 13.9. The van der Waals surface area contributed by atoms with Crippen LogP contribution < -0.4 is 14.8 Å². The first-order valence-corrected chi connectivity index (χ1v) is 11.1. The lowest BCUT2D eigenvalue weighted by Crippen LogP contribution is -2.41. The summed E-state index contributed by atoms with van der Waals surface area (Å²) in [5.41, 5.74) is 3.48. The molecular formula is C27H28N2O4. The van der Waals surface area contributed by atoms with Gasteiger partial charge in [0.2, 0.25) is 5.91 Å². The Balaban J connectivity index is 1.34. The maximum Gasteiger partial charge on any atom is 0.253 e. The lowest BCUT2D eigenvalue weighted by atomic mass is 9.95. The molecule has 0 atom stereocenters. The van der Waals surface area contributed by atoms with Gasteiger partial charge in [0.05, 0.1) is 19.9 Å². The van der Waals surface area contributed by atoms with Gasteiger partial charge in [-0.05, 0) is 48.2 Å². The molecule has 0 unspecified atom stereocenters. The number of nitrogens with zero attached hydrogens (tertiary/aromatic N) is 1. The molecule has 0 aromatic heterocycles. The molecule has 3 aromatic carbocycles. The van der Waals surface area contributed by atoms with E-state index < -0.39 is 0 Å². The molecule has 0 spiro atoms. The van der Waals surface area contributed by atoms with Crippen molar-refractivity contribution in [3.05, 3.63) is 78.4 Å². The zero-order valence-corrected chi connectivity index (χ0v) is 18.9. The molecule has 2 amide bonds. The first kappa shape index (κ1) is 22.4. The summed E-state index contributed by atoms with van der Waals surface area (Å²) in [4.78, 5) is 27.6. The topological polar surface area (TPSA) is 67.9 Å². The third-order valence-electron chi connectivity index (χ3n) is 6.06. The zero-order chi connectivity index (χ0) is 23.2. The van der Waals surface area contributed by atoms with Crippen molar-refractivity contribution in [3.63, 3.8) is 0 Å². The van der Waals surface area contributed by atoms with Crippen molar-refractivity contribution < 1.29 is 19.1 Å². The van der Waals surface area contributed by atoms with Gasteiger partial charge in [-0.3, -0.25) is 9.59 Å². The van der Waals surface area contributed by atoms with Crippen LogP contribution in [0.1, 0.15) is 23.2 Å². The fraction of sp³-hybridized carbons (Fsp3) is 0.259. The van der Waals surface area contributed by atoms with Crippen LogP contribution in [0.15, 0.2) is 72.8 Å². The Kier molecular flexibility index (Phi) is 6.93. The van der Waals surface area contributed by atoms with Gasteiger partial charge in [-0.2, -0.15) is 0 Å². The number of benzene rings is 3. The van der Waals surface area contributed by atoms with E-state index in [1.807, 2.05) is 59.5 Å². The van der Waals surface area contributed by atoms with Gasteiger partial charge in [-0.1, -0.05) is 42.5 Å². The maximum absolute atomic E-state index is 13.0. The molecule has 1 aliphatic rings. The van der Waals surface area contributed by atoms with E-state index in [4.69, 9.17) is 9.47 Å². The summed E-state index contributed by atoms with van der Waals surface area (Å²) in [6.07, 6.45) is 1.25. The summed E-state index contributed by atoms with van der Waals surface area (Å²) in [7, 11) is 3.14. The summed E-state index contributed by atoms with van der Waals surface area (Å²) in [6.45, 7) is 1.11. The SMILES string of the molecule is COc1ccc(NC(=O)C2CCN(C(=O)c3ccc(-c4ccccc4)cc3)CC2)c(OC)c1. The van der Waals surface area contributed by atoms with Crippen molar-refractivity contribution in [2.75, 3.05) is 32.6 Å². The molecule has 170 valence electrons. The summed E-state index contributed by atoms with van der Waals surface area (Å²) < 4.78 is 10.6. The van der Waals surface area contributed by atoms with Crippen LogP contribution in [0.4, 0.5) is 5.69 Å². The Morgan fingerprint density at radius 3 is 2.15 bits per heavy atom. The number of anilines is 1. The fourth-order valence-electron chi connectivity index (χ4n) is 4.10. The van der Waals surface area contributed by atoms with E-state index in [1.165, 1.54) is 0 Å². The first-order chi connectivity index (χ1) is 16.1. The smallest absolute Gasteiger partial charge is 0.253 e. The predicted octanol–water partition coefficient (Wildman–Crippen LogP) is 4.86. The number of rotatable bonds is 6. The number of piperidine rings is 1. The van der Waals surface area contributed by atoms with Crippen LogP contribution in [0, 0.1) is 5.92 Å². The third kappa shape index (κ3) is 5.17. The van der Waals surface area contributed by atoms with Crippen LogP contribution in [0.2, 0.25) is 0 Å². The molecule has 33 heavy (non-hydrogen) atoms. The molecule has 1 heterocycles. The quantitative estimate of drug-likeness (QED) is 0.590. The monoisotopic (exact) mass is 444 g/mol. The minimum Gasteiger partial charge on any atom is -0.497 e. The van der Waals surface area contributed by atoms with E-state index in [9.17, 15) is 9.59 Å². The van der Waals surface area contributed by atoms with Crippen molar-refractivity contribution in [2.24, 2.45) is 5.92 Å². The van der Waals surface area contributed by atoms with Crippen LogP contribution in [0.3, 0.4) is 0 Å². The van der Waals surface area contributed by atoms with Crippen LogP contribution in [0.25, 0.3) is 11.1 Å². The van der Waals surface area contributed by atoms with Gasteiger partial charge >= 0.3 is 0 Å². The van der Waals surface area contributed by atoms with E-state index in [1.54, 1.807) is 32.4 Å².